The third-order valence-electron chi connectivity index (χ3n) is 5.92. The Balaban J connectivity index is 1.49. The fourth-order valence-corrected chi connectivity index (χ4v) is 4.90. The monoisotopic (exact) mass is 410 g/mol. The summed E-state index contributed by atoms with van der Waals surface area (Å²) in [6.45, 7) is 1.25. The SMILES string of the molecule is O=C1Nc2c(Cl)cc3cc(CNCc4ccccn4)oc3c2C2(CCCCC2)N1. The van der Waals surface area contributed by atoms with E-state index in [9.17, 15) is 4.79 Å². The van der Waals surface area contributed by atoms with Crippen molar-refractivity contribution >= 4 is 34.3 Å². The summed E-state index contributed by atoms with van der Waals surface area (Å²) >= 11 is 6.57. The lowest BCUT2D eigenvalue weighted by Crippen LogP contribution is -2.52. The van der Waals surface area contributed by atoms with Crippen molar-refractivity contribution < 1.29 is 9.21 Å². The molecular weight excluding hydrogens is 388 g/mol. The average Bonchev–Trinajstić information content (AvgIpc) is 3.11. The molecule has 0 unspecified atom stereocenters. The van der Waals surface area contributed by atoms with Crippen LogP contribution in [0.5, 0.6) is 0 Å². The van der Waals surface area contributed by atoms with E-state index in [-0.39, 0.29) is 6.03 Å². The fourth-order valence-electron chi connectivity index (χ4n) is 4.64. The maximum atomic E-state index is 12.3. The Labute approximate surface area is 174 Å². The number of rotatable bonds is 4. The Morgan fingerprint density at radius 1 is 1.17 bits per heavy atom. The van der Waals surface area contributed by atoms with Crippen LogP contribution >= 0.6 is 11.6 Å². The van der Waals surface area contributed by atoms with Crippen LogP contribution < -0.4 is 16.0 Å². The number of urea groups is 1. The molecule has 2 aromatic heterocycles. The molecule has 1 spiro atoms. The quantitative estimate of drug-likeness (QED) is 0.561. The zero-order valence-electron chi connectivity index (χ0n) is 16.1. The number of benzene rings is 1. The molecule has 0 radical (unpaired) electrons. The van der Waals surface area contributed by atoms with E-state index in [4.69, 9.17) is 16.0 Å². The van der Waals surface area contributed by atoms with Crippen molar-refractivity contribution in [2.45, 2.75) is 50.7 Å². The molecule has 1 saturated carbocycles. The summed E-state index contributed by atoms with van der Waals surface area (Å²) in [6, 6.07) is 9.59. The first-order valence-corrected chi connectivity index (χ1v) is 10.5. The van der Waals surface area contributed by atoms with E-state index in [1.165, 1.54) is 6.42 Å². The van der Waals surface area contributed by atoms with Gasteiger partial charge in [0.2, 0.25) is 0 Å². The molecule has 5 rings (SSSR count). The minimum absolute atomic E-state index is 0.190. The first-order chi connectivity index (χ1) is 14.1. The van der Waals surface area contributed by atoms with Gasteiger partial charge in [-0.1, -0.05) is 36.9 Å². The number of pyridine rings is 1. The molecule has 29 heavy (non-hydrogen) atoms. The van der Waals surface area contributed by atoms with Crippen molar-refractivity contribution in [2.24, 2.45) is 0 Å². The van der Waals surface area contributed by atoms with Crippen LogP contribution in [0, 0.1) is 0 Å². The van der Waals surface area contributed by atoms with Gasteiger partial charge in [-0.2, -0.15) is 0 Å². The first kappa shape index (κ1) is 18.5. The number of aromatic nitrogens is 1. The second-order valence-electron chi connectivity index (χ2n) is 7.89. The molecule has 7 heteroatoms. The number of amides is 2. The van der Waals surface area contributed by atoms with E-state index < -0.39 is 5.54 Å². The van der Waals surface area contributed by atoms with Gasteiger partial charge >= 0.3 is 6.03 Å². The van der Waals surface area contributed by atoms with E-state index in [1.54, 1.807) is 6.20 Å². The highest BCUT2D eigenvalue weighted by Gasteiger charge is 2.43. The highest BCUT2D eigenvalue weighted by Crippen LogP contribution is 2.48. The molecule has 3 N–H and O–H groups in total. The minimum atomic E-state index is -0.407. The number of hydrogen-bond acceptors (Lipinski definition) is 4. The summed E-state index contributed by atoms with van der Waals surface area (Å²) in [5.41, 5.74) is 3.07. The summed E-state index contributed by atoms with van der Waals surface area (Å²) in [5.74, 6) is 0.836. The van der Waals surface area contributed by atoms with Gasteiger partial charge < -0.3 is 20.4 Å². The number of hydrogen-bond donors (Lipinski definition) is 3. The molecule has 1 fully saturated rings. The highest BCUT2D eigenvalue weighted by molar-refractivity contribution is 6.35. The number of nitrogens with one attached hydrogen (secondary N) is 3. The van der Waals surface area contributed by atoms with Crippen molar-refractivity contribution in [3.8, 4) is 0 Å². The van der Waals surface area contributed by atoms with E-state index in [0.717, 1.165) is 53.7 Å². The Hall–Kier alpha value is -2.57. The fraction of sp³-hybridized carbons (Fsp3) is 0.364. The summed E-state index contributed by atoms with van der Waals surface area (Å²) < 4.78 is 6.29. The smallest absolute Gasteiger partial charge is 0.319 e. The number of halogens is 1. The summed E-state index contributed by atoms with van der Waals surface area (Å²) in [5, 5.41) is 11.0. The number of carbonyl (C=O) groups excluding carboxylic acids is 1. The van der Waals surface area contributed by atoms with Crippen LogP contribution in [-0.2, 0) is 18.6 Å². The van der Waals surface area contributed by atoms with Crippen LogP contribution in [0.3, 0.4) is 0 Å². The topological polar surface area (TPSA) is 79.2 Å². The van der Waals surface area contributed by atoms with Gasteiger partial charge in [-0.25, -0.2) is 4.79 Å². The van der Waals surface area contributed by atoms with Crippen LogP contribution in [-0.4, -0.2) is 11.0 Å². The van der Waals surface area contributed by atoms with E-state index >= 15 is 0 Å². The molecule has 3 heterocycles. The Kier molecular flexibility index (Phi) is 4.68. The third kappa shape index (κ3) is 3.36. The first-order valence-electron chi connectivity index (χ1n) is 10.1. The molecule has 0 saturated heterocycles. The Morgan fingerprint density at radius 2 is 2.03 bits per heavy atom. The Bertz CT molecular complexity index is 1060. The predicted octanol–water partition coefficient (Wildman–Crippen LogP) is 5.07. The summed E-state index contributed by atoms with van der Waals surface area (Å²) in [7, 11) is 0. The van der Waals surface area contributed by atoms with Gasteiger partial charge in [0, 0.05) is 23.7 Å². The van der Waals surface area contributed by atoms with Gasteiger partial charge in [-0.15, -0.1) is 0 Å². The lowest BCUT2D eigenvalue weighted by molar-refractivity contribution is 0.209. The zero-order valence-corrected chi connectivity index (χ0v) is 16.8. The van der Waals surface area contributed by atoms with Crippen LogP contribution in [0.4, 0.5) is 10.5 Å². The van der Waals surface area contributed by atoms with E-state index in [2.05, 4.69) is 20.9 Å². The lowest BCUT2D eigenvalue weighted by atomic mass is 9.74. The molecule has 1 aliphatic heterocycles. The second-order valence-corrected chi connectivity index (χ2v) is 8.29. The second kappa shape index (κ2) is 7.35. The van der Waals surface area contributed by atoms with E-state index in [0.29, 0.717) is 23.8 Å². The van der Waals surface area contributed by atoms with E-state index in [1.807, 2.05) is 30.3 Å². The highest BCUT2D eigenvalue weighted by atomic mass is 35.5. The maximum Gasteiger partial charge on any atom is 0.319 e. The minimum Gasteiger partial charge on any atom is -0.459 e. The van der Waals surface area contributed by atoms with Crippen LogP contribution in [0.2, 0.25) is 5.02 Å². The molecule has 0 bridgehead atoms. The van der Waals surface area contributed by atoms with Crippen molar-refractivity contribution in [1.82, 2.24) is 15.6 Å². The molecule has 3 aromatic rings. The van der Waals surface area contributed by atoms with Crippen LogP contribution in [0.15, 0.2) is 40.9 Å². The van der Waals surface area contributed by atoms with Gasteiger partial charge in [-0.3, -0.25) is 4.98 Å². The van der Waals surface area contributed by atoms with Crippen molar-refractivity contribution in [3.05, 3.63) is 58.6 Å². The molecule has 150 valence electrons. The summed E-state index contributed by atoms with van der Waals surface area (Å²) in [4.78, 5) is 16.7. The normalized spacial score (nSPS) is 17.8. The third-order valence-corrected chi connectivity index (χ3v) is 6.22. The number of nitrogens with zero attached hydrogens (tertiary/aromatic N) is 1. The Morgan fingerprint density at radius 3 is 2.83 bits per heavy atom. The molecule has 6 nitrogen and oxygen atoms in total. The number of anilines is 1. The van der Waals surface area contributed by atoms with Gasteiger partial charge in [0.25, 0.3) is 0 Å². The molecule has 1 aromatic carbocycles. The van der Waals surface area contributed by atoms with Gasteiger partial charge in [-0.05, 0) is 37.1 Å². The number of furan rings is 1. The van der Waals surface area contributed by atoms with Crippen LogP contribution in [0.25, 0.3) is 11.0 Å². The summed E-state index contributed by atoms with van der Waals surface area (Å²) in [6.07, 6.45) is 6.93. The molecular formula is C22H23ClN4O2. The maximum absolute atomic E-state index is 12.3. The van der Waals surface area contributed by atoms with Crippen molar-refractivity contribution in [2.75, 3.05) is 5.32 Å². The largest absolute Gasteiger partial charge is 0.459 e. The average molecular weight is 411 g/mol. The zero-order chi connectivity index (χ0) is 19.8. The number of fused-ring (bicyclic) bond motifs is 4. The van der Waals surface area contributed by atoms with Gasteiger partial charge in [0.05, 0.1) is 28.5 Å². The van der Waals surface area contributed by atoms with Crippen molar-refractivity contribution in [1.29, 1.82) is 0 Å². The van der Waals surface area contributed by atoms with Gasteiger partial charge in [0.15, 0.2) is 0 Å². The van der Waals surface area contributed by atoms with Crippen LogP contribution in [0.1, 0.15) is 49.1 Å². The molecule has 2 amide bonds. The van der Waals surface area contributed by atoms with Crippen molar-refractivity contribution in [3.63, 3.8) is 0 Å². The van der Waals surface area contributed by atoms with Gasteiger partial charge in [0.1, 0.15) is 11.3 Å². The molecule has 0 atom stereocenters. The molecule has 1 aliphatic carbocycles. The number of carbonyl (C=O) groups is 1. The standard InChI is InChI=1S/C22H23ClN4O2/c23-17-11-14-10-16(13-24-12-15-6-2-5-9-25-15)29-20(14)18-19(17)26-21(28)27-22(18)7-3-1-4-8-22/h2,5-6,9-11,24H,1,3-4,7-8,12-13H2,(H2,26,27,28). The molecule has 2 aliphatic rings. The lowest BCUT2D eigenvalue weighted by Gasteiger charge is -2.42. The predicted molar refractivity (Wildman–Crippen MR) is 113 cm³/mol.